The second-order valence-electron chi connectivity index (χ2n) is 6.56. The van der Waals surface area contributed by atoms with Gasteiger partial charge in [-0.1, -0.05) is 30.3 Å². The molecule has 0 radical (unpaired) electrons. The lowest BCUT2D eigenvalue weighted by molar-refractivity contribution is 0.0248. The monoisotopic (exact) mass is 358 g/mol. The molecule has 1 aliphatic rings. The Bertz CT molecular complexity index is 813. The van der Waals surface area contributed by atoms with Crippen LogP contribution in [0.1, 0.15) is 35.7 Å². The number of halogens is 1. The van der Waals surface area contributed by atoms with Crippen molar-refractivity contribution < 1.29 is 13.9 Å². The topological polar surface area (TPSA) is 60.3 Å². The molecular weight excluding hydrogens is 335 g/mol. The van der Waals surface area contributed by atoms with Crippen LogP contribution in [-0.2, 0) is 17.0 Å². The largest absolute Gasteiger partial charge is 0.380 e. The number of ether oxygens (including phenoxy) is 1. The second-order valence-corrected chi connectivity index (χ2v) is 6.56. The minimum Gasteiger partial charge on any atom is -0.380 e. The second kappa shape index (κ2) is 7.83. The smallest absolute Gasteiger partial charge is 0.252 e. The SMILES string of the molecule is CCOCCn1cc(C(=O)NC2CC(F)(c3ccccc3)C2)ccc1=O. The van der Waals surface area contributed by atoms with Gasteiger partial charge in [0.05, 0.1) is 12.2 Å². The van der Waals surface area contributed by atoms with Crippen molar-refractivity contribution in [3.8, 4) is 0 Å². The molecule has 5 nitrogen and oxygen atoms in total. The Morgan fingerprint density at radius 3 is 2.69 bits per heavy atom. The average Bonchev–Trinajstić information content (AvgIpc) is 2.62. The van der Waals surface area contributed by atoms with E-state index in [9.17, 15) is 14.0 Å². The first-order valence-corrected chi connectivity index (χ1v) is 8.85. The maximum Gasteiger partial charge on any atom is 0.252 e. The molecule has 1 aliphatic carbocycles. The Kier molecular flexibility index (Phi) is 5.52. The van der Waals surface area contributed by atoms with E-state index >= 15 is 0 Å². The van der Waals surface area contributed by atoms with Crippen LogP contribution < -0.4 is 10.9 Å². The summed E-state index contributed by atoms with van der Waals surface area (Å²) in [6, 6.07) is 11.7. The summed E-state index contributed by atoms with van der Waals surface area (Å²) in [6.45, 7) is 3.25. The van der Waals surface area contributed by atoms with Crippen LogP contribution in [0.3, 0.4) is 0 Å². The van der Waals surface area contributed by atoms with Crippen LogP contribution in [0.2, 0.25) is 0 Å². The maximum absolute atomic E-state index is 14.8. The fraction of sp³-hybridized carbons (Fsp3) is 0.400. The number of benzene rings is 1. The molecule has 6 heteroatoms. The van der Waals surface area contributed by atoms with Crippen LogP contribution in [0.25, 0.3) is 0 Å². The Labute approximate surface area is 151 Å². The Morgan fingerprint density at radius 2 is 2.00 bits per heavy atom. The molecule has 0 unspecified atom stereocenters. The van der Waals surface area contributed by atoms with E-state index in [4.69, 9.17) is 4.74 Å². The molecule has 1 N–H and O–H groups in total. The summed E-state index contributed by atoms with van der Waals surface area (Å²) in [5, 5.41) is 2.85. The highest BCUT2D eigenvalue weighted by Gasteiger charge is 2.46. The molecule has 0 aliphatic heterocycles. The molecule has 0 atom stereocenters. The Morgan fingerprint density at radius 1 is 1.27 bits per heavy atom. The van der Waals surface area contributed by atoms with Crippen molar-refractivity contribution in [3.05, 3.63) is 70.1 Å². The minimum absolute atomic E-state index is 0.184. The van der Waals surface area contributed by atoms with Crippen molar-refractivity contribution in [3.63, 3.8) is 0 Å². The molecule has 1 saturated carbocycles. The van der Waals surface area contributed by atoms with Gasteiger partial charge in [0.2, 0.25) is 0 Å². The molecule has 1 aromatic heterocycles. The summed E-state index contributed by atoms with van der Waals surface area (Å²) < 4.78 is 21.5. The molecule has 0 spiro atoms. The van der Waals surface area contributed by atoms with Gasteiger partial charge in [-0.3, -0.25) is 9.59 Å². The zero-order chi connectivity index (χ0) is 18.6. The van der Waals surface area contributed by atoms with E-state index in [0.29, 0.717) is 30.9 Å². The standard InChI is InChI=1S/C20H23FN2O3/c1-2-26-11-10-23-14-15(8-9-18(23)24)19(25)22-17-12-20(21,13-17)16-6-4-3-5-7-16/h3-9,14,17H,2,10-13H2,1H3,(H,22,25). The number of pyridine rings is 1. The lowest BCUT2D eigenvalue weighted by Gasteiger charge is -2.42. The molecule has 138 valence electrons. The first kappa shape index (κ1) is 18.3. The van der Waals surface area contributed by atoms with E-state index in [1.54, 1.807) is 12.1 Å². The molecule has 26 heavy (non-hydrogen) atoms. The number of alkyl halides is 1. The summed E-state index contributed by atoms with van der Waals surface area (Å²) in [5.74, 6) is -0.296. The third kappa shape index (κ3) is 4.02. The first-order chi connectivity index (χ1) is 12.5. The molecule has 1 heterocycles. The lowest BCUT2D eigenvalue weighted by Crippen LogP contribution is -2.51. The van der Waals surface area contributed by atoms with Crippen LogP contribution in [0, 0.1) is 0 Å². The van der Waals surface area contributed by atoms with E-state index in [0.717, 1.165) is 0 Å². The molecule has 2 aromatic rings. The number of carbonyl (C=O) groups is 1. The normalized spacial score (nSPS) is 21.8. The van der Waals surface area contributed by atoms with Gasteiger partial charge in [-0.25, -0.2) is 4.39 Å². The van der Waals surface area contributed by atoms with E-state index in [-0.39, 0.29) is 30.3 Å². The number of hydrogen-bond acceptors (Lipinski definition) is 3. The number of rotatable bonds is 7. The Balaban J connectivity index is 1.59. The molecule has 0 bridgehead atoms. The number of hydrogen-bond donors (Lipinski definition) is 1. The fourth-order valence-electron chi connectivity index (χ4n) is 3.21. The van der Waals surface area contributed by atoms with Gasteiger partial charge < -0.3 is 14.6 Å². The minimum atomic E-state index is -1.38. The van der Waals surface area contributed by atoms with Crippen LogP contribution in [0.4, 0.5) is 4.39 Å². The predicted molar refractivity (Wildman–Crippen MR) is 96.9 cm³/mol. The molecule has 1 fully saturated rings. The van der Waals surface area contributed by atoms with Gasteiger partial charge in [-0.15, -0.1) is 0 Å². The summed E-state index contributed by atoms with van der Waals surface area (Å²) in [6.07, 6.45) is 2.04. The predicted octanol–water partition coefficient (Wildman–Crippen LogP) is 2.64. The molecular formula is C20H23FN2O3. The zero-order valence-corrected chi connectivity index (χ0v) is 14.8. The summed E-state index contributed by atoms with van der Waals surface area (Å²) in [7, 11) is 0. The van der Waals surface area contributed by atoms with Crippen LogP contribution >= 0.6 is 0 Å². The van der Waals surface area contributed by atoms with Crippen LogP contribution in [0.5, 0.6) is 0 Å². The molecule has 0 saturated heterocycles. The highest BCUT2D eigenvalue weighted by atomic mass is 19.1. The van der Waals surface area contributed by atoms with Crippen molar-refractivity contribution in [2.75, 3.05) is 13.2 Å². The van der Waals surface area contributed by atoms with E-state index < -0.39 is 5.67 Å². The van der Waals surface area contributed by atoms with Gasteiger partial charge in [0.25, 0.3) is 11.5 Å². The maximum atomic E-state index is 14.8. The summed E-state index contributed by atoms with van der Waals surface area (Å²) in [5.41, 5.74) is -0.529. The van der Waals surface area contributed by atoms with E-state index in [2.05, 4.69) is 5.32 Å². The van der Waals surface area contributed by atoms with Gasteiger partial charge in [-0.2, -0.15) is 0 Å². The average molecular weight is 358 g/mol. The zero-order valence-electron chi connectivity index (χ0n) is 14.8. The number of nitrogens with one attached hydrogen (secondary N) is 1. The Hall–Kier alpha value is -2.47. The van der Waals surface area contributed by atoms with Gasteiger partial charge in [-0.05, 0) is 18.6 Å². The molecule has 1 amide bonds. The van der Waals surface area contributed by atoms with Gasteiger partial charge in [0, 0.05) is 44.3 Å². The highest BCUT2D eigenvalue weighted by Crippen LogP contribution is 2.45. The van der Waals surface area contributed by atoms with E-state index in [1.807, 2.05) is 25.1 Å². The van der Waals surface area contributed by atoms with Crippen molar-refractivity contribution >= 4 is 5.91 Å². The third-order valence-electron chi connectivity index (χ3n) is 4.69. The van der Waals surface area contributed by atoms with Gasteiger partial charge in [0.1, 0.15) is 5.67 Å². The third-order valence-corrected chi connectivity index (χ3v) is 4.69. The first-order valence-electron chi connectivity index (χ1n) is 8.85. The number of aromatic nitrogens is 1. The van der Waals surface area contributed by atoms with Gasteiger partial charge >= 0.3 is 0 Å². The molecule has 1 aromatic carbocycles. The van der Waals surface area contributed by atoms with Crippen molar-refractivity contribution in [2.24, 2.45) is 0 Å². The summed E-state index contributed by atoms with van der Waals surface area (Å²) in [4.78, 5) is 24.3. The number of nitrogens with zero attached hydrogens (tertiary/aromatic N) is 1. The van der Waals surface area contributed by atoms with Crippen molar-refractivity contribution in [1.82, 2.24) is 9.88 Å². The van der Waals surface area contributed by atoms with Crippen molar-refractivity contribution in [2.45, 2.75) is 38.0 Å². The lowest BCUT2D eigenvalue weighted by atomic mass is 9.73. The van der Waals surface area contributed by atoms with Crippen molar-refractivity contribution in [1.29, 1.82) is 0 Å². The highest BCUT2D eigenvalue weighted by molar-refractivity contribution is 5.94. The number of carbonyl (C=O) groups excluding carboxylic acids is 1. The van der Waals surface area contributed by atoms with Crippen LogP contribution in [0.15, 0.2) is 53.5 Å². The number of amides is 1. The molecule has 3 rings (SSSR count). The van der Waals surface area contributed by atoms with Gasteiger partial charge in [0.15, 0.2) is 0 Å². The quantitative estimate of drug-likeness (QED) is 0.774. The van der Waals surface area contributed by atoms with E-state index in [1.165, 1.54) is 22.9 Å². The van der Waals surface area contributed by atoms with Crippen LogP contribution in [-0.4, -0.2) is 29.7 Å². The summed E-state index contributed by atoms with van der Waals surface area (Å²) >= 11 is 0. The fourth-order valence-corrected chi connectivity index (χ4v) is 3.21.